The standard InChI is InChI=1S/C12H21NO2.ClH/c1-4-6-11(7-5-2)9-13-8-10(3)12(14)15;/h4-5,10-11,13H,1-2,6-9H2,3H3,(H,14,15);1H. The molecule has 0 saturated heterocycles. The van der Waals surface area contributed by atoms with Crippen molar-refractivity contribution in [2.75, 3.05) is 13.1 Å². The predicted octanol–water partition coefficient (Wildman–Crippen LogP) is -1.96. The van der Waals surface area contributed by atoms with Gasteiger partial charge in [-0.05, 0) is 19.8 Å². The van der Waals surface area contributed by atoms with Crippen LogP contribution >= 0.6 is 0 Å². The smallest absolute Gasteiger partial charge is 0.311 e. The van der Waals surface area contributed by atoms with Gasteiger partial charge in [0.25, 0.3) is 0 Å². The normalized spacial score (nSPS) is 11.6. The number of aliphatic carboxylic acids is 1. The molecule has 0 aromatic rings. The fourth-order valence-electron chi connectivity index (χ4n) is 1.44. The number of carbonyl (C=O) groups is 1. The van der Waals surface area contributed by atoms with Crippen molar-refractivity contribution in [1.29, 1.82) is 0 Å². The Morgan fingerprint density at radius 1 is 1.31 bits per heavy atom. The molecule has 16 heavy (non-hydrogen) atoms. The van der Waals surface area contributed by atoms with Crippen molar-refractivity contribution in [3.63, 3.8) is 0 Å². The zero-order valence-corrected chi connectivity index (χ0v) is 10.6. The zero-order chi connectivity index (χ0) is 11.7. The Labute approximate surface area is 104 Å². The van der Waals surface area contributed by atoms with Crippen LogP contribution in [0.5, 0.6) is 0 Å². The van der Waals surface area contributed by atoms with Gasteiger partial charge in [0.15, 0.2) is 0 Å². The van der Waals surface area contributed by atoms with Crippen molar-refractivity contribution in [3.8, 4) is 0 Å². The minimum atomic E-state index is -0.727. The van der Waals surface area contributed by atoms with Gasteiger partial charge in [-0.25, -0.2) is 0 Å². The van der Waals surface area contributed by atoms with Gasteiger partial charge in [-0.1, -0.05) is 12.2 Å². The van der Waals surface area contributed by atoms with E-state index in [-0.39, 0.29) is 18.3 Å². The third-order valence-electron chi connectivity index (χ3n) is 2.44. The zero-order valence-electron chi connectivity index (χ0n) is 9.86. The van der Waals surface area contributed by atoms with Crippen LogP contribution in [-0.2, 0) is 4.79 Å². The molecule has 0 saturated carbocycles. The lowest BCUT2D eigenvalue weighted by Crippen LogP contribution is -3.00. The lowest BCUT2D eigenvalue weighted by atomic mass is 10.0. The summed E-state index contributed by atoms with van der Waals surface area (Å²) >= 11 is 0. The largest absolute Gasteiger partial charge is 1.00 e. The van der Waals surface area contributed by atoms with Crippen LogP contribution in [0.15, 0.2) is 25.3 Å². The summed E-state index contributed by atoms with van der Waals surface area (Å²) in [6.07, 6.45) is 5.74. The van der Waals surface area contributed by atoms with Gasteiger partial charge in [-0.15, -0.1) is 13.2 Å². The second-order valence-electron chi connectivity index (χ2n) is 3.91. The van der Waals surface area contributed by atoms with Gasteiger partial charge in [0.2, 0.25) is 0 Å². The highest BCUT2D eigenvalue weighted by atomic mass is 35.5. The Hall–Kier alpha value is -0.800. The number of allylic oxidation sites excluding steroid dienone is 2. The van der Waals surface area contributed by atoms with Crippen LogP contribution in [0.25, 0.3) is 0 Å². The molecule has 0 fully saturated rings. The minimum Gasteiger partial charge on any atom is -1.00 e. The van der Waals surface area contributed by atoms with Gasteiger partial charge < -0.3 is 22.8 Å². The van der Waals surface area contributed by atoms with E-state index >= 15 is 0 Å². The number of hydrogen-bond acceptors (Lipinski definition) is 1. The Bertz CT molecular complexity index is 209. The van der Waals surface area contributed by atoms with Gasteiger partial charge in [-0.2, -0.15) is 0 Å². The monoisotopic (exact) mass is 247 g/mol. The van der Waals surface area contributed by atoms with Crippen molar-refractivity contribution in [3.05, 3.63) is 25.3 Å². The molecule has 1 atom stereocenters. The molecule has 94 valence electrons. The van der Waals surface area contributed by atoms with Crippen molar-refractivity contribution >= 4 is 5.97 Å². The van der Waals surface area contributed by atoms with Gasteiger partial charge in [0.1, 0.15) is 5.92 Å². The summed E-state index contributed by atoms with van der Waals surface area (Å²) in [6, 6.07) is 0. The van der Waals surface area contributed by atoms with Gasteiger partial charge in [0.05, 0.1) is 13.1 Å². The quantitative estimate of drug-likeness (QED) is 0.465. The molecule has 0 bridgehead atoms. The molecule has 1 unspecified atom stereocenters. The number of quaternary nitrogens is 1. The first-order valence-electron chi connectivity index (χ1n) is 5.38. The first kappa shape index (κ1) is 17.6. The summed E-state index contributed by atoms with van der Waals surface area (Å²) in [5, 5.41) is 10.8. The van der Waals surface area contributed by atoms with E-state index in [1.54, 1.807) is 6.92 Å². The summed E-state index contributed by atoms with van der Waals surface area (Å²) in [5.74, 6) is -0.477. The average molecular weight is 248 g/mol. The summed E-state index contributed by atoms with van der Waals surface area (Å²) < 4.78 is 0. The highest BCUT2D eigenvalue weighted by molar-refractivity contribution is 5.69. The van der Waals surface area contributed by atoms with Gasteiger partial charge in [-0.3, -0.25) is 4.79 Å². The van der Waals surface area contributed by atoms with Gasteiger partial charge in [0, 0.05) is 5.92 Å². The maximum atomic E-state index is 10.6. The molecule has 0 rings (SSSR count). The van der Waals surface area contributed by atoms with E-state index in [2.05, 4.69) is 18.5 Å². The highest BCUT2D eigenvalue weighted by Crippen LogP contribution is 2.06. The number of hydrogen-bond donors (Lipinski definition) is 2. The molecule has 0 radical (unpaired) electrons. The van der Waals surface area contributed by atoms with E-state index in [0.717, 1.165) is 19.4 Å². The van der Waals surface area contributed by atoms with Crippen LogP contribution in [0.3, 0.4) is 0 Å². The SMILES string of the molecule is C=CCC(CC=C)C[NH2+]CC(C)C(=O)O.[Cl-]. The molecule has 0 spiro atoms. The molecule has 3 N–H and O–H groups in total. The number of rotatable bonds is 9. The Balaban J connectivity index is 0. The number of halogens is 1. The summed E-state index contributed by atoms with van der Waals surface area (Å²) in [4.78, 5) is 10.6. The van der Waals surface area contributed by atoms with E-state index < -0.39 is 5.97 Å². The van der Waals surface area contributed by atoms with E-state index in [1.165, 1.54) is 0 Å². The molecular weight excluding hydrogens is 226 g/mol. The van der Waals surface area contributed by atoms with Crippen LogP contribution in [0, 0.1) is 11.8 Å². The van der Waals surface area contributed by atoms with Crippen LogP contribution in [0.4, 0.5) is 0 Å². The number of carboxylic acid groups (broad SMARTS) is 1. The molecule has 4 heteroatoms. The molecular formula is C12H22ClNO2. The summed E-state index contributed by atoms with van der Waals surface area (Å²) in [7, 11) is 0. The molecule has 0 aromatic heterocycles. The molecule has 0 aliphatic rings. The fourth-order valence-corrected chi connectivity index (χ4v) is 1.44. The minimum absolute atomic E-state index is 0. The van der Waals surface area contributed by atoms with E-state index in [4.69, 9.17) is 5.11 Å². The van der Waals surface area contributed by atoms with Crippen LogP contribution in [0.1, 0.15) is 19.8 Å². The maximum absolute atomic E-state index is 10.6. The van der Waals surface area contributed by atoms with Crippen molar-refractivity contribution < 1.29 is 27.6 Å². The van der Waals surface area contributed by atoms with Crippen LogP contribution in [-0.4, -0.2) is 24.2 Å². The Morgan fingerprint density at radius 3 is 2.19 bits per heavy atom. The van der Waals surface area contributed by atoms with Crippen molar-refractivity contribution in [2.24, 2.45) is 11.8 Å². The molecule has 3 nitrogen and oxygen atoms in total. The predicted molar refractivity (Wildman–Crippen MR) is 61.6 cm³/mol. The second-order valence-corrected chi connectivity index (χ2v) is 3.91. The highest BCUT2D eigenvalue weighted by Gasteiger charge is 2.14. The first-order valence-corrected chi connectivity index (χ1v) is 5.38. The summed E-state index contributed by atoms with van der Waals surface area (Å²) in [5.41, 5.74) is 0. The van der Waals surface area contributed by atoms with Crippen LogP contribution in [0.2, 0.25) is 0 Å². The topological polar surface area (TPSA) is 53.9 Å². The Kier molecular flexibility index (Phi) is 11.8. The molecule has 0 aromatic carbocycles. The molecule has 0 amide bonds. The second kappa shape index (κ2) is 10.7. The van der Waals surface area contributed by atoms with Gasteiger partial charge >= 0.3 is 5.97 Å². The Morgan fingerprint density at radius 2 is 1.81 bits per heavy atom. The van der Waals surface area contributed by atoms with E-state index in [1.807, 2.05) is 12.2 Å². The molecule has 0 aliphatic carbocycles. The molecule has 0 heterocycles. The third-order valence-corrected chi connectivity index (χ3v) is 2.44. The first-order chi connectivity index (χ1) is 7.11. The maximum Gasteiger partial charge on any atom is 0.311 e. The fraction of sp³-hybridized carbons (Fsp3) is 0.583. The van der Waals surface area contributed by atoms with E-state index in [9.17, 15) is 4.79 Å². The average Bonchev–Trinajstić information content (AvgIpc) is 2.18. The lowest BCUT2D eigenvalue weighted by molar-refractivity contribution is -0.663. The van der Waals surface area contributed by atoms with Crippen molar-refractivity contribution in [2.45, 2.75) is 19.8 Å². The number of nitrogens with two attached hydrogens (primary N) is 1. The lowest BCUT2D eigenvalue weighted by Gasteiger charge is -2.12. The van der Waals surface area contributed by atoms with E-state index in [0.29, 0.717) is 12.5 Å². The van der Waals surface area contributed by atoms with Crippen LogP contribution < -0.4 is 17.7 Å². The summed E-state index contributed by atoms with van der Waals surface area (Å²) in [6.45, 7) is 10.7. The number of carboxylic acids is 1. The third kappa shape index (κ3) is 8.50. The molecule has 0 aliphatic heterocycles. The van der Waals surface area contributed by atoms with Crippen molar-refractivity contribution in [1.82, 2.24) is 0 Å².